The lowest BCUT2D eigenvalue weighted by Gasteiger charge is -2.17. The Hall–Kier alpha value is -3.15. The van der Waals surface area contributed by atoms with E-state index in [1.807, 2.05) is 61.5 Å². The third-order valence-corrected chi connectivity index (χ3v) is 4.40. The van der Waals surface area contributed by atoms with E-state index < -0.39 is 11.6 Å². The van der Waals surface area contributed by atoms with Crippen molar-refractivity contribution < 1.29 is 14.3 Å². The molecular formula is C20H21N3O3. The Morgan fingerprint density at radius 2 is 1.81 bits per heavy atom. The Balaban J connectivity index is 1.61. The van der Waals surface area contributed by atoms with E-state index in [2.05, 4.69) is 10.4 Å². The summed E-state index contributed by atoms with van der Waals surface area (Å²) in [5.41, 5.74) is 0.974. The molecule has 0 aliphatic carbocycles. The minimum atomic E-state index is -0.885. The molecule has 1 aliphatic rings. The van der Waals surface area contributed by atoms with Gasteiger partial charge in [-0.3, -0.25) is 4.79 Å². The number of benzene rings is 2. The van der Waals surface area contributed by atoms with E-state index in [4.69, 9.17) is 4.74 Å². The van der Waals surface area contributed by atoms with Crippen molar-refractivity contribution in [2.24, 2.45) is 5.10 Å². The third-order valence-electron chi connectivity index (χ3n) is 4.40. The van der Waals surface area contributed by atoms with Crippen LogP contribution >= 0.6 is 0 Å². The number of carbonyl (C=O) groups is 2. The fourth-order valence-corrected chi connectivity index (χ4v) is 2.53. The summed E-state index contributed by atoms with van der Waals surface area (Å²) >= 11 is 0. The summed E-state index contributed by atoms with van der Waals surface area (Å²) in [5, 5.41) is 7.57. The van der Waals surface area contributed by atoms with Gasteiger partial charge in [-0.2, -0.15) is 5.10 Å². The van der Waals surface area contributed by atoms with Gasteiger partial charge in [-0.15, -0.1) is 5.01 Å². The Morgan fingerprint density at radius 1 is 1.12 bits per heavy atom. The SMILES string of the molecule is CC[C@]1(C)NC(=O)N(/N=C\c2ccc(OCc3ccccc3)cc2)C1=O. The second-order valence-corrected chi connectivity index (χ2v) is 6.32. The third kappa shape index (κ3) is 3.74. The van der Waals surface area contributed by atoms with Crippen LogP contribution in [0, 0.1) is 0 Å². The highest BCUT2D eigenvalue weighted by atomic mass is 16.5. The zero-order valence-electron chi connectivity index (χ0n) is 14.8. The van der Waals surface area contributed by atoms with Crippen LogP contribution in [-0.2, 0) is 11.4 Å². The number of hydrazone groups is 1. The Labute approximate surface area is 152 Å². The molecule has 0 radical (unpaired) electrons. The van der Waals surface area contributed by atoms with E-state index in [-0.39, 0.29) is 5.91 Å². The minimum absolute atomic E-state index is 0.343. The van der Waals surface area contributed by atoms with Crippen LogP contribution in [0.25, 0.3) is 0 Å². The zero-order valence-corrected chi connectivity index (χ0v) is 14.8. The van der Waals surface area contributed by atoms with Crippen LogP contribution in [0.3, 0.4) is 0 Å². The molecule has 2 aromatic carbocycles. The molecule has 1 N–H and O–H groups in total. The molecule has 26 heavy (non-hydrogen) atoms. The van der Waals surface area contributed by atoms with E-state index in [1.165, 1.54) is 6.21 Å². The molecule has 3 rings (SSSR count). The van der Waals surface area contributed by atoms with Crippen LogP contribution in [0.2, 0.25) is 0 Å². The summed E-state index contributed by atoms with van der Waals surface area (Å²) in [6.07, 6.45) is 2.00. The van der Waals surface area contributed by atoms with Gasteiger partial charge in [-0.1, -0.05) is 37.3 Å². The van der Waals surface area contributed by atoms with Gasteiger partial charge in [0.05, 0.1) is 6.21 Å². The summed E-state index contributed by atoms with van der Waals surface area (Å²) in [5.74, 6) is 0.392. The molecule has 0 spiro atoms. The van der Waals surface area contributed by atoms with Gasteiger partial charge in [0, 0.05) is 0 Å². The van der Waals surface area contributed by atoms with Crippen molar-refractivity contribution in [3.8, 4) is 5.75 Å². The Kier molecular flexibility index (Phi) is 5.02. The average Bonchev–Trinajstić information content (AvgIpc) is 2.89. The predicted molar refractivity (Wildman–Crippen MR) is 98.9 cm³/mol. The van der Waals surface area contributed by atoms with Gasteiger partial charge in [-0.05, 0) is 48.7 Å². The number of hydrogen-bond acceptors (Lipinski definition) is 4. The summed E-state index contributed by atoms with van der Waals surface area (Å²) in [7, 11) is 0. The first-order chi connectivity index (χ1) is 12.5. The second-order valence-electron chi connectivity index (χ2n) is 6.32. The van der Waals surface area contributed by atoms with Gasteiger partial charge in [-0.25, -0.2) is 4.79 Å². The highest BCUT2D eigenvalue weighted by Gasteiger charge is 2.46. The molecule has 0 saturated carbocycles. The molecule has 0 bridgehead atoms. The molecule has 0 unspecified atom stereocenters. The van der Waals surface area contributed by atoms with E-state index >= 15 is 0 Å². The molecular weight excluding hydrogens is 330 g/mol. The van der Waals surface area contributed by atoms with Crippen molar-refractivity contribution in [3.63, 3.8) is 0 Å². The molecule has 1 saturated heterocycles. The molecule has 6 heteroatoms. The molecule has 6 nitrogen and oxygen atoms in total. The van der Waals surface area contributed by atoms with E-state index in [0.29, 0.717) is 13.0 Å². The number of ether oxygens (including phenoxy) is 1. The summed E-state index contributed by atoms with van der Waals surface area (Å²) < 4.78 is 5.73. The van der Waals surface area contributed by atoms with Crippen molar-refractivity contribution >= 4 is 18.2 Å². The predicted octanol–water partition coefficient (Wildman–Crippen LogP) is 3.32. The Morgan fingerprint density at radius 3 is 2.42 bits per heavy atom. The van der Waals surface area contributed by atoms with Crippen LogP contribution < -0.4 is 10.1 Å². The van der Waals surface area contributed by atoms with Crippen molar-refractivity contribution in [1.82, 2.24) is 10.3 Å². The fraction of sp³-hybridized carbons (Fsp3) is 0.250. The van der Waals surface area contributed by atoms with Crippen LogP contribution in [-0.4, -0.2) is 28.7 Å². The maximum atomic E-state index is 12.3. The monoisotopic (exact) mass is 351 g/mol. The molecule has 0 aromatic heterocycles. The van der Waals surface area contributed by atoms with Gasteiger partial charge in [0.15, 0.2) is 0 Å². The first kappa shape index (κ1) is 17.7. The number of hydrogen-bond donors (Lipinski definition) is 1. The number of amides is 3. The average molecular weight is 351 g/mol. The number of rotatable bonds is 6. The maximum Gasteiger partial charge on any atom is 0.346 e. The molecule has 1 heterocycles. The van der Waals surface area contributed by atoms with Gasteiger partial charge in [0.25, 0.3) is 5.91 Å². The van der Waals surface area contributed by atoms with Crippen molar-refractivity contribution in [2.45, 2.75) is 32.4 Å². The zero-order chi connectivity index (χ0) is 18.6. The first-order valence-electron chi connectivity index (χ1n) is 8.49. The highest BCUT2D eigenvalue weighted by molar-refractivity contribution is 6.07. The number of nitrogens with zero attached hydrogens (tertiary/aromatic N) is 2. The quantitative estimate of drug-likeness (QED) is 0.641. The lowest BCUT2D eigenvalue weighted by atomic mass is 10.00. The summed E-state index contributed by atoms with van der Waals surface area (Å²) in [4.78, 5) is 24.2. The fourth-order valence-electron chi connectivity index (χ4n) is 2.53. The first-order valence-corrected chi connectivity index (χ1v) is 8.49. The van der Waals surface area contributed by atoms with E-state index in [0.717, 1.165) is 21.9 Å². The Bertz CT molecular complexity index is 818. The van der Waals surface area contributed by atoms with Gasteiger partial charge in [0.1, 0.15) is 17.9 Å². The van der Waals surface area contributed by atoms with Crippen molar-refractivity contribution in [2.75, 3.05) is 0 Å². The highest BCUT2D eigenvalue weighted by Crippen LogP contribution is 2.21. The van der Waals surface area contributed by atoms with Gasteiger partial charge < -0.3 is 10.1 Å². The molecule has 1 aliphatic heterocycles. The van der Waals surface area contributed by atoms with Crippen LogP contribution in [0.15, 0.2) is 59.7 Å². The van der Waals surface area contributed by atoms with Crippen LogP contribution in [0.5, 0.6) is 5.75 Å². The largest absolute Gasteiger partial charge is 0.489 e. The molecule has 2 aromatic rings. The summed E-state index contributed by atoms with van der Waals surface area (Å²) in [6, 6.07) is 16.7. The minimum Gasteiger partial charge on any atom is -0.489 e. The topological polar surface area (TPSA) is 71.0 Å². The molecule has 134 valence electrons. The number of imide groups is 1. The maximum absolute atomic E-state index is 12.3. The van der Waals surface area contributed by atoms with E-state index in [1.54, 1.807) is 6.92 Å². The smallest absolute Gasteiger partial charge is 0.346 e. The normalized spacial score (nSPS) is 19.8. The number of urea groups is 1. The summed E-state index contributed by atoms with van der Waals surface area (Å²) in [6.45, 7) is 4.04. The van der Waals surface area contributed by atoms with Crippen molar-refractivity contribution in [1.29, 1.82) is 0 Å². The molecule has 1 fully saturated rings. The van der Waals surface area contributed by atoms with Gasteiger partial charge >= 0.3 is 6.03 Å². The molecule has 1 atom stereocenters. The second kappa shape index (κ2) is 7.39. The lowest BCUT2D eigenvalue weighted by Crippen LogP contribution is -2.42. The lowest BCUT2D eigenvalue weighted by molar-refractivity contribution is -0.130. The van der Waals surface area contributed by atoms with Crippen LogP contribution in [0.1, 0.15) is 31.4 Å². The van der Waals surface area contributed by atoms with E-state index in [9.17, 15) is 9.59 Å². The molecule has 3 amide bonds. The number of nitrogens with one attached hydrogen (secondary N) is 1. The van der Waals surface area contributed by atoms with Crippen LogP contribution in [0.4, 0.5) is 4.79 Å². The van der Waals surface area contributed by atoms with Gasteiger partial charge in [0.2, 0.25) is 0 Å². The van der Waals surface area contributed by atoms with Crippen molar-refractivity contribution in [3.05, 3.63) is 65.7 Å². The number of carbonyl (C=O) groups excluding carboxylic acids is 2. The standard InChI is InChI=1S/C20H21N3O3/c1-3-20(2)18(24)23(19(25)22-20)21-13-15-9-11-17(12-10-15)26-14-16-7-5-4-6-8-16/h4-13H,3,14H2,1-2H3,(H,22,25)/b21-13-/t20-/m0/s1.